The molecule has 2 rings (SSSR count). The summed E-state index contributed by atoms with van der Waals surface area (Å²) in [5.74, 6) is 2.55. The van der Waals surface area contributed by atoms with Gasteiger partial charge in [-0.1, -0.05) is 13.8 Å². The second-order valence-corrected chi connectivity index (χ2v) is 7.97. The summed E-state index contributed by atoms with van der Waals surface area (Å²) in [5.41, 5.74) is 0.0690. The molecule has 0 aromatic rings. The Hall–Kier alpha value is -0.120. The van der Waals surface area contributed by atoms with E-state index in [1.165, 1.54) is 45.2 Å². The highest BCUT2D eigenvalue weighted by Crippen LogP contribution is 2.35. The molecular formula is C18H36N2O. The van der Waals surface area contributed by atoms with E-state index < -0.39 is 0 Å². The van der Waals surface area contributed by atoms with Crippen molar-refractivity contribution in [2.24, 2.45) is 17.8 Å². The summed E-state index contributed by atoms with van der Waals surface area (Å²) in [4.78, 5) is 2.66. The van der Waals surface area contributed by atoms with Crippen LogP contribution in [-0.2, 0) is 4.74 Å². The molecule has 1 N–H and O–H groups in total. The third-order valence-electron chi connectivity index (χ3n) is 6.06. The molecule has 124 valence electrons. The molecule has 1 aliphatic heterocycles. The number of hydrogen-bond donors (Lipinski definition) is 1. The highest BCUT2D eigenvalue weighted by atomic mass is 16.5. The van der Waals surface area contributed by atoms with Crippen molar-refractivity contribution >= 4 is 0 Å². The minimum Gasteiger partial charge on any atom is -0.377 e. The lowest BCUT2D eigenvalue weighted by molar-refractivity contribution is -0.0567. The summed E-state index contributed by atoms with van der Waals surface area (Å²) in [5, 5.41) is 3.58. The summed E-state index contributed by atoms with van der Waals surface area (Å²) in [6, 6.07) is 0.704. The van der Waals surface area contributed by atoms with Crippen LogP contribution in [0.1, 0.15) is 52.9 Å². The molecule has 3 heteroatoms. The van der Waals surface area contributed by atoms with E-state index in [0.717, 1.165) is 24.3 Å². The Morgan fingerprint density at radius 1 is 1.33 bits per heavy atom. The van der Waals surface area contributed by atoms with Crippen LogP contribution in [0.15, 0.2) is 0 Å². The Bertz CT molecular complexity index is 320. The van der Waals surface area contributed by atoms with E-state index in [1.54, 1.807) is 0 Å². The van der Waals surface area contributed by atoms with Gasteiger partial charge in [0.05, 0.1) is 5.60 Å². The maximum absolute atomic E-state index is 5.75. The number of piperidine rings is 1. The summed E-state index contributed by atoms with van der Waals surface area (Å²) >= 11 is 0. The van der Waals surface area contributed by atoms with Crippen LogP contribution in [0.2, 0.25) is 0 Å². The minimum absolute atomic E-state index is 0.0690. The number of methoxy groups -OCH3 is 1. The maximum Gasteiger partial charge on any atom is 0.0777 e. The Morgan fingerprint density at radius 3 is 2.71 bits per heavy atom. The van der Waals surface area contributed by atoms with Crippen LogP contribution in [0.25, 0.3) is 0 Å². The van der Waals surface area contributed by atoms with E-state index in [-0.39, 0.29) is 5.60 Å². The highest BCUT2D eigenvalue weighted by molar-refractivity contribution is 4.90. The van der Waals surface area contributed by atoms with Gasteiger partial charge in [-0.05, 0) is 70.4 Å². The maximum atomic E-state index is 5.75. The average molecular weight is 296 g/mol. The van der Waals surface area contributed by atoms with E-state index in [1.807, 2.05) is 7.11 Å². The van der Waals surface area contributed by atoms with Crippen molar-refractivity contribution in [2.45, 2.75) is 64.5 Å². The fourth-order valence-electron chi connectivity index (χ4n) is 4.45. The molecule has 4 atom stereocenters. The van der Waals surface area contributed by atoms with Crippen molar-refractivity contribution in [3.8, 4) is 0 Å². The Kier molecular flexibility index (Phi) is 6.10. The topological polar surface area (TPSA) is 24.5 Å². The Balaban J connectivity index is 1.94. The van der Waals surface area contributed by atoms with Crippen LogP contribution < -0.4 is 5.32 Å². The fourth-order valence-corrected chi connectivity index (χ4v) is 4.45. The number of nitrogens with one attached hydrogen (secondary N) is 1. The van der Waals surface area contributed by atoms with Gasteiger partial charge < -0.3 is 15.0 Å². The van der Waals surface area contributed by atoms with Crippen LogP contribution in [0, 0.1) is 17.8 Å². The molecule has 1 heterocycles. The summed E-state index contributed by atoms with van der Waals surface area (Å²) < 4.78 is 5.75. The molecule has 21 heavy (non-hydrogen) atoms. The molecule has 2 fully saturated rings. The van der Waals surface area contributed by atoms with Gasteiger partial charge in [0.25, 0.3) is 0 Å². The van der Waals surface area contributed by atoms with Crippen molar-refractivity contribution in [3.05, 3.63) is 0 Å². The van der Waals surface area contributed by atoms with E-state index in [9.17, 15) is 0 Å². The Labute approximate surface area is 131 Å². The van der Waals surface area contributed by atoms with Crippen molar-refractivity contribution < 1.29 is 4.74 Å². The molecule has 0 amide bonds. The SMILES string of the molecule is CNC1CCC(C(C)C)CC1CN1CCCC(C)(OC)C1. The van der Waals surface area contributed by atoms with Gasteiger partial charge in [0.1, 0.15) is 0 Å². The predicted octanol–water partition coefficient (Wildman–Crippen LogP) is 3.15. The molecule has 0 radical (unpaired) electrons. The number of rotatable bonds is 5. The molecular weight excluding hydrogens is 260 g/mol. The Morgan fingerprint density at radius 2 is 2.10 bits per heavy atom. The summed E-state index contributed by atoms with van der Waals surface area (Å²) in [6.45, 7) is 10.6. The molecule has 3 nitrogen and oxygen atoms in total. The van der Waals surface area contributed by atoms with E-state index in [0.29, 0.717) is 6.04 Å². The largest absolute Gasteiger partial charge is 0.377 e. The van der Waals surface area contributed by atoms with Gasteiger partial charge in [0.15, 0.2) is 0 Å². The summed E-state index contributed by atoms with van der Waals surface area (Å²) in [7, 11) is 4.01. The lowest BCUT2D eigenvalue weighted by Gasteiger charge is -2.44. The predicted molar refractivity (Wildman–Crippen MR) is 89.6 cm³/mol. The monoisotopic (exact) mass is 296 g/mol. The molecule has 2 aliphatic rings. The van der Waals surface area contributed by atoms with Crippen molar-refractivity contribution in [1.29, 1.82) is 0 Å². The van der Waals surface area contributed by atoms with Crippen molar-refractivity contribution in [1.82, 2.24) is 10.2 Å². The zero-order chi connectivity index (χ0) is 15.5. The van der Waals surface area contributed by atoms with Gasteiger partial charge >= 0.3 is 0 Å². The third-order valence-corrected chi connectivity index (χ3v) is 6.06. The lowest BCUT2D eigenvalue weighted by atomic mass is 9.73. The number of ether oxygens (including phenoxy) is 1. The first kappa shape index (κ1) is 17.2. The first-order valence-electron chi connectivity index (χ1n) is 8.92. The van der Waals surface area contributed by atoms with Crippen LogP contribution in [0.4, 0.5) is 0 Å². The summed E-state index contributed by atoms with van der Waals surface area (Å²) in [6.07, 6.45) is 6.61. The zero-order valence-electron chi connectivity index (χ0n) is 14.8. The molecule has 0 bridgehead atoms. The van der Waals surface area contributed by atoms with E-state index >= 15 is 0 Å². The first-order chi connectivity index (χ1) is 9.97. The molecule has 1 aliphatic carbocycles. The third kappa shape index (κ3) is 4.43. The normalized spacial score (nSPS) is 38.9. The molecule has 1 saturated heterocycles. The van der Waals surface area contributed by atoms with Crippen LogP contribution >= 0.6 is 0 Å². The van der Waals surface area contributed by atoms with Gasteiger partial charge in [-0.25, -0.2) is 0 Å². The van der Waals surface area contributed by atoms with Gasteiger partial charge in [0.2, 0.25) is 0 Å². The molecule has 0 aromatic heterocycles. The highest BCUT2D eigenvalue weighted by Gasteiger charge is 2.35. The van der Waals surface area contributed by atoms with Crippen molar-refractivity contribution in [3.63, 3.8) is 0 Å². The number of likely N-dealkylation sites (tertiary alicyclic amines) is 1. The molecule has 0 spiro atoms. The van der Waals surface area contributed by atoms with Crippen LogP contribution in [-0.4, -0.2) is 50.3 Å². The zero-order valence-corrected chi connectivity index (χ0v) is 14.8. The van der Waals surface area contributed by atoms with E-state index in [2.05, 4.69) is 38.0 Å². The van der Waals surface area contributed by atoms with Gasteiger partial charge in [-0.3, -0.25) is 0 Å². The smallest absolute Gasteiger partial charge is 0.0777 e. The number of nitrogens with zero attached hydrogens (tertiary/aromatic N) is 1. The van der Waals surface area contributed by atoms with Crippen LogP contribution in [0.3, 0.4) is 0 Å². The number of hydrogen-bond acceptors (Lipinski definition) is 3. The van der Waals surface area contributed by atoms with Crippen molar-refractivity contribution in [2.75, 3.05) is 33.8 Å². The molecule has 0 aromatic carbocycles. The standard InChI is InChI=1S/C18H36N2O/c1-14(2)15-7-8-17(19-4)16(11-15)12-20-10-6-9-18(3,13-20)21-5/h14-17,19H,6-13H2,1-5H3. The van der Waals surface area contributed by atoms with Crippen LogP contribution in [0.5, 0.6) is 0 Å². The fraction of sp³-hybridized carbons (Fsp3) is 1.00. The molecule has 4 unspecified atom stereocenters. The molecule has 1 saturated carbocycles. The first-order valence-corrected chi connectivity index (χ1v) is 8.92. The van der Waals surface area contributed by atoms with Gasteiger partial charge in [-0.15, -0.1) is 0 Å². The quantitative estimate of drug-likeness (QED) is 0.843. The second kappa shape index (κ2) is 7.43. The van der Waals surface area contributed by atoms with E-state index in [4.69, 9.17) is 4.74 Å². The average Bonchev–Trinajstić information content (AvgIpc) is 2.47. The van der Waals surface area contributed by atoms with Gasteiger partial charge in [0, 0.05) is 26.2 Å². The minimum atomic E-state index is 0.0690. The lowest BCUT2D eigenvalue weighted by Crippen LogP contribution is -2.52. The second-order valence-electron chi connectivity index (χ2n) is 7.97. The van der Waals surface area contributed by atoms with Gasteiger partial charge in [-0.2, -0.15) is 0 Å².